The van der Waals surface area contributed by atoms with Gasteiger partial charge in [-0.15, -0.1) is 0 Å². The van der Waals surface area contributed by atoms with Crippen LogP contribution in [0.1, 0.15) is 29.8 Å². The lowest BCUT2D eigenvalue weighted by molar-refractivity contribution is 0.0818. The number of nitrogens with one attached hydrogen (secondary N) is 1. The molecule has 3 rings (SSSR count). The van der Waals surface area contributed by atoms with Crippen molar-refractivity contribution in [2.24, 2.45) is 0 Å². The maximum Gasteiger partial charge on any atom is 0.275 e. The molecule has 1 aliphatic rings. The lowest BCUT2D eigenvalue weighted by Gasteiger charge is -2.28. The average Bonchev–Trinajstić information content (AvgIpc) is 2.68. The molecular formula is C18H20F2N4O2. The first kappa shape index (κ1) is 18.0. The number of hydrogen-bond acceptors (Lipinski definition) is 5. The van der Waals surface area contributed by atoms with Gasteiger partial charge in [0.1, 0.15) is 23.9 Å². The summed E-state index contributed by atoms with van der Waals surface area (Å²) in [6, 6.07) is 6.40. The smallest absolute Gasteiger partial charge is 0.275 e. The zero-order chi connectivity index (χ0) is 18.4. The zero-order valence-corrected chi connectivity index (χ0v) is 14.2. The molecule has 6 nitrogen and oxygen atoms in total. The highest BCUT2D eigenvalue weighted by Crippen LogP contribution is 2.20. The SMILES string of the molecule is O=C(Nc1ccc(N2CCCCC2)cn1)c1cc(OCC(F)F)ccn1. The molecule has 8 heteroatoms. The van der Waals surface area contributed by atoms with Crippen LogP contribution in [0.4, 0.5) is 20.3 Å². The third kappa shape index (κ3) is 4.87. The Kier molecular flexibility index (Phi) is 5.93. The topological polar surface area (TPSA) is 67.4 Å². The first-order chi connectivity index (χ1) is 12.6. The van der Waals surface area contributed by atoms with Crippen LogP contribution in [0.3, 0.4) is 0 Å². The summed E-state index contributed by atoms with van der Waals surface area (Å²) in [5.41, 5.74) is 1.10. The normalized spacial score (nSPS) is 14.3. The number of aromatic nitrogens is 2. The second-order valence-corrected chi connectivity index (χ2v) is 5.98. The van der Waals surface area contributed by atoms with Crippen molar-refractivity contribution in [3.05, 3.63) is 42.4 Å². The molecule has 1 amide bonds. The van der Waals surface area contributed by atoms with Gasteiger partial charge in [0.25, 0.3) is 12.3 Å². The molecule has 0 atom stereocenters. The van der Waals surface area contributed by atoms with Crippen molar-refractivity contribution in [1.82, 2.24) is 9.97 Å². The van der Waals surface area contributed by atoms with E-state index in [0.29, 0.717) is 5.82 Å². The summed E-state index contributed by atoms with van der Waals surface area (Å²) >= 11 is 0. The number of carbonyl (C=O) groups excluding carboxylic acids is 1. The summed E-state index contributed by atoms with van der Waals surface area (Å²) in [5.74, 6) is 0.0843. The van der Waals surface area contributed by atoms with Crippen molar-refractivity contribution in [3.8, 4) is 5.75 Å². The van der Waals surface area contributed by atoms with Gasteiger partial charge in [-0.3, -0.25) is 9.78 Å². The van der Waals surface area contributed by atoms with Gasteiger partial charge in [-0.1, -0.05) is 0 Å². The van der Waals surface area contributed by atoms with E-state index in [-0.39, 0.29) is 11.4 Å². The molecule has 0 radical (unpaired) electrons. The van der Waals surface area contributed by atoms with Crippen molar-refractivity contribution in [2.75, 3.05) is 29.9 Å². The number of alkyl halides is 2. The van der Waals surface area contributed by atoms with Crippen LogP contribution < -0.4 is 15.0 Å². The first-order valence-corrected chi connectivity index (χ1v) is 8.51. The summed E-state index contributed by atoms with van der Waals surface area (Å²) in [7, 11) is 0. The number of hydrogen-bond donors (Lipinski definition) is 1. The van der Waals surface area contributed by atoms with Crippen LogP contribution in [0.5, 0.6) is 5.75 Å². The highest BCUT2D eigenvalue weighted by Gasteiger charge is 2.13. The Morgan fingerprint density at radius 1 is 1.19 bits per heavy atom. The van der Waals surface area contributed by atoms with Crippen LogP contribution in [-0.2, 0) is 0 Å². The third-order valence-electron chi connectivity index (χ3n) is 4.05. The third-order valence-corrected chi connectivity index (χ3v) is 4.05. The zero-order valence-electron chi connectivity index (χ0n) is 14.2. The molecule has 3 heterocycles. The Morgan fingerprint density at radius 3 is 2.69 bits per heavy atom. The van der Waals surface area contributed by atoms with Crippen molar-refractivity contribution < 1.29 is 18.3 Å². The lowest BCUT2D eigenvalue weighted by atomic mass is 10.1. The predicted octanol–water partition coefficient (Wildman–Crippen LogP) is 3.36. The fraction of sp³-hybridized carbons (Fsp3) is 0.389. The van der Waals surface area contributed by atoms with Gasteiger partial charge in [0.15, 0.2) is 0 Å². The molecule has 1 fully saturated rings. The number of amides is 1. The van der Waals surface area contributed by atoms with Crippen LogP contribution in [-0.4, -0.2) is 42.0 Å². The molecule has 2 aromatic heterocycles. The van der Waals surface area contributed by atoms with E-state index >= 15 is 0 Å². The van der Waals surface area contributed by atoms with E-state index in [4.69, 9.17) is 4.74 Å². The Hall–Kier alpha value is -2.77. The molecule has 0 unspecified atom stereocenters. The van der Waals surface area contributed by atoms with Crippen LogP contribution >= 0.6 is 0 Å². The number of ether oxygens (including phenoxy) is 1. The molecule has 1 N–H and O–H groups in total. The number of halogens is 2. The highest BCUT2D eigenvalue weighted by molar-refractivity contribution is 6.02. The highest BCUT2D eigenvalue weighted by atomic mass is 19.3. The Morgan fingerprint density at radius 2 is 2.00 bits per heavy atom. The number of anilines is 2. The van der Waals surface area contributed by atoms with Crippen molar-refractivity contribution in [2.45, 2.75) is 25.7 Å². The molecule has 1 saturated heterocycles. The second kappa shape index (κ2) is 8.55. The van der Waals surface area contributed by atoms with E-state index in [1.807, 2.05) is 6.07 Å². The van der Waals surface area contributed by atoms with Gasteiger partial charge in [-0.05, 0) is 37.5 Å². The first-order valence-electron chi connectivity index (χ1n) is 8.51. The number of nitrogens with zero attached hydrogens (tertiary/aromatic N) is 3. The Bertz CT molecular complexity index is 734. The standard InChI is InChI=1S/C18H20F2N4O2/c19-16(20)12-26-14-6-7-21-15(10-14)18(25)23-17-5-4-13(11-22-17)24-8-2-1-3-9-24/h4-7,10-11,16H,1-3,8-9,12H2,(H,22,23,25). The van der Waals surface area contributed by atoms with Gasteiger partial charge in [0.05, 0.1) is 11.9 Å². The molecule has 0 aromatic carbocycles. The summed E-state index contributed by atoms with van der Waals surface area (Å²) in [4.78, 5) is 22.7. The van der Waals surface area contributed by atoms with E-state index in [1.54, 1.807) is 12.3 Å². The predicted molar refractivity (Wildman–Crippen MR) is 94.0 cm³/mol. The number of pyridine rings is 2. The fourth-order valence-corrected chi connectivity index (χ4v) is 2.76. The number of rotatable bonds is 6. The van der Waals surface area contributed by atoms with Crippen molar-refractivity contribution in [3.63, 3.8) is 0 Å². The molecule has 0 bridgehead atoms. The van der Waals surface area contributed by atoms with E-state index < -0.39 is 18.9 Å². The van der Waals surface area contributed by atoms with Crippen LogP contribution in [0.2, 0.25) is 0 Å². The minimum atomic E-state index is -2.58. The Balaban J connectivity index is 1.61. The number of piperidine rings is 1. The van der Waals surface area contributed by atoms with Gasteiger partial charge in [0, 0.05) is 25.4 Å². The van der Waals surface area contributed by atoms with E-state index in [9.17, 15) is 13.6 Å². The van der Waals surface area contributed by atoms with E-state index in [1.165, 1.54) is 37.6 Å². The molecule has 138 valence electrons. The molecular weight excluding hydrogens is 342 g/mol. The van der Waals surface area contributed by atoms with Gasteiger partial charge >= 0.3 is 0 Å². The quantitative estimate of drug-likeness (QED) is 0.853. The summed E-state index contributed by atoms with van der Waals surface area (Å²) in [6.07, 6.45) is 4.09. The molecule has 0 spiro atoms. The largest absolute Gasteiger partial charge is 0.488 e. The van der Waals surface area contributed by atoms with E-state index in [2.05, 4.69) is 20.2 Å². The summed E-state index contributed by atoms with van der Waals surface area (Å²) in [5, 5.41) is 2.65. The average molecular weight is 362 g/mol. The number of carbonyl (C=O) groups is 1. The summed E-state index contributed by atoms with van der Waals surface area (Å²) in [6.45, 7) is 1.30. The summed E-state index contributed by atoms with van der Waals surface area (Å²) < 4.78 is 29.3. The molecule has 1 aliphatic heterocycles. The fourth-order valence-electron chi connectivity index (χ4n) is 2.76. The van der Waals surface area contributed by atoms with Gasteiger partial charge in [-0.25, -0.2) is 13.8 Å². The van der Waals surface area contributed by atoms with Crippen molar-refractivity contribution in [1.29, 1.82) is 0 Å². The second-order valence-electron chi connectivity index (χ2n) is 5.98. The van der Waals surface area contributed by atoms with Crippen LogP contribution in [0.15, 0.2) is 36.7 Å². The molecule has 0 saturated carbocycles. The maximum absolute atomic E-state index is 12.3. The minimum absolute atomic E-state index is 0.0682. The molecule has 0 aliphatic carbocycles. The molecule has 2 aromatic rings. The minimum Gasteiger partial charge on any atom is -0.488 e. The van der Waals surface area contributed by atoms with Crippen molar-refractivity contribution >= 4 is 17.4 Å². The Labute approximate surface area is 150 Å². The van der Waals surface area contributed by atoms with Gasteiger partial charge in [-0.2, -0.15) is 0 Å². The van der Waals surface area contributed by atoms with Gasteiger partial charge < -0.3 is 15.0 Å². The van der Waals surface area contributed by atoms with Crippen LogP contribution in [0.25, 0.3) is 0 Å². The monoisotopic (exact) mass is 362 g/mol. The maximum atomic E-state index is 12.3. The van der Waals surface area contributed by atoms with E-state index in [0.717, 1.165) is 18.8 Å². The van der Waals surface area contributed by atoms with Crippen LogP contribution in [0, 0.1) is 0 Å². The lowest BCUT2D eigenvalue weighted by Crippen LogP contribution is -2.29. The molecule has 26 heavy (non-hydrogen) atoms. The van der Waals surface area contributed by atoms with Gasteiger partial charge in [0.2, 0.25) is 0 Å².